The number of aryl methyl sites for hydroxylation is 2. The van der Waals surface area contributed by atoms with Gasteiger partial charge in [-0.05, 0) is 13.0 Å². The van der Waals surface area contributed by atoms with Gasteiger partial charge >= 0.3 is 0 Å². The molecular formula is C11H17N5. The van der Waals surface area contributed by atoms with Crippen molar-refractivity contribution >= 4 is 0 Å². The van der Waals surface area contributed by atoms with Crippen LogP contribution in [-0.4, -0.2) is 19.3 Å². The molecule has 1 atom stereocenters. The fourth-order valence-electron chi connectivity index (χ4n) is 1.72. The van der Waals surface area contributed by atoms with E-state index in [0.29, 0.717) is 0 Å². The number of nitrogens with one attached hydrogen (secondary N) is 1. The van der Waals surface area contributed by atoms with E-state index < -0.39 is 0 Å². The van der Waals surface area contributed by atoms with E-state index in [1.807, 2.05) is 48.0 Å². The topological polar surface area (TPSA) is 47.7 Å². The first-order chi connectivity index (χ1) is 7.68. The Bertz CT molecular complexity index is 456. The quantitative estimate of drug-likeness (QED) is 0.834. The Kier molecular flexibility index (Phi) is 3.05. The Labute approximate surface area is 95.1 Å². The van der Waals surface area contributed by atoms with Crippen molar-refractivity contribution in [3.05, 3.63) is 36.2 Å². The molecule has 1 N–H and O–H groups in total. The first-order valence-corrected chi connectivity index (χ1v) is 5.36. The number of aromatic nitrogens is 4. The van der Waals surface area contributed by atoms with Gasteiger partial charge in [-0.1, -0.05) is 0 Å². The molecule has 0 aliphatic heterocycles. The summed E-state index contributed by atoms with van der Waals surface area (Å²) >= 11 is 0. The van der Waals surface area contributed by atoms with Crippen LogP contribution < -0.4 is 5.32 Å². The Hall–Kier alpha value is -1.62. The molecule has 2 aromatic rings. The molecule has 0 radical (unpaired) electrons. The van der Waals surface area contributed by atoms with Gasteiger partial charge in [0, 0.05) is 38.7 Å². The highest BCUT2D eigenvalue weighted by atomic mass is 15.3. The fourth-order valence-corrected chi connectivity index (χ4v) is 1.72. The molecular weight excluding hydrogens is 202 g/mol. The van der Waals surface area contributed by atoms with Gasteiger partial charge in [-0.15, -0.1) is 0 Å². The molecule has 86 valence electrons. The maximum Gasteiger partial charge on any atom is 0.122 e. The van der Waals surface area contributed by atoms with Crippen LogP contribution in [0.1, 0.15) is 24.5 Å². The van der Waals surface area contributed by atoms with Crippen molar-refractivity contribution in [3.8, 4) is 0 Å². The SMILES string of the molecule is CC(NCc1nccn1C)c1ccnn1C. The van der Waals surface area contributed by atoms with Crippen LogP contribution in [0.2, 0.25) is 0 Å². The molecule has 0 aliphatic carbocycles. The standard InChI is InChI=1S/C11H17N5/c1-9(10-4-5-14-16(10)3)13-8-11-12-6-7-15(11)2/h4-7,9,13H,8H2,1-3H3. The normalized spacial score (nSPS) is 12.9. The molecule has 0 fully saturated rings. The maximum atomic E-state index is 4.27. The first-order valence-electron chi connectivity index (χ1n) is 5.36. The number of hydrogen-bond acceptors (Lipinski definition) is 3. The Balaban J connectivity index is 1.97. The fraction of sp³-hybridized carbons (Fsp3) is 0.455. The summed E-state index contributed by atoms with van der Waals surface area (Å²) in [5.41, 5.74) is 1.18. The molecule has 2 rings (SSSR count). The van der Waals surface area contributed by atoms with E-state index in [9.17, 15) is 0 Å². The average Bonchev–Trinajstić information content (AvgIpc) is 2.84. The Morgan fingerprint density at radius 3 is 2.75 bits per heavy atom. The van der Waals surface area contributed by atoms with Gasteiger partial charge in [0.15, 0.2) is 0 Å². The van der Waals surface area contributed by atoms with Crippen LogP contribution in [0, 0.1) is 0 Å². The first kappa shape index (κ1) is 10.9. The molecule has 1 unspecified atom stereocenters. The predicted octanol–water partition coefficient (Wildman–Crippen LogP) is 1.00. The predicted molar refractivity (Wildman–Crippen MR) is 61.7 cm³/mol. The summed E-state index contributed by atoms with van der Waals surface area (Å²) in [4.78, 5) is 4.27. The zero-order chi connectivity index (χ0) is 11.5. The van der Waals surface area contributed by atoms with E-state index in [1.165, 1.54) is 5.69 Å². The Morgan fingerprint density at radius 2 is 2.19 bits per heavy atom. The van der Waals surface area contributed by atoms with Crippen LogP contribution in [0.5, 0.6) is 0 Å². The smallest absolute Gasteiger partial charge is 0.122 e. The molecule has 0 bridgehead atoms. The molecule has 16 heavy (non-hydrogen) atoms. The molecule has 2 aromatic heterocycles. The summed E-state index contributed by atoms with van der Waals surface area (Å²) in [6.45, 7) is 2.88. The second-order valence-electron chi connectivity index (χ2n) is 3.94. The van der Waals surface area contributed by atoms with E-state index in [0.717, 1.165) is 12.4 Å². The molecule has 0 aliphatic rings. The minimum atomic E-state index is 0.268. The van der Waals surface area contributed by atoms with Gasteiger partial charge in [-0.2, -0.15) is 5.10 Å². The minimum absolute atomic E-state index is 0.268. The van der Waals surface area contributed by atoms with Gasteiger partial charge in [0.1, 0.15) is 5.82 Å². The lowest BCUT2D eigenvalue weighted by Gasteiger charge is -2.13. The van der Waals surface area contributed by atoms with Crippen LogP contribution in [-0.2, 0) is 20.6 Å². The van der Waals surface area contributed by atoms with Crippen LogP contribution in [0.15, 0.2) is 24.7 Å². The second kappa shape index (κ2) is 4.49. The largest absolute Gasteiger partial charge is 0.337 e. The summed E-state index contributed by atoms with van der Waals surface area (Å²) < 4.78 is 3.90. The number of imidazole rings is 1. The van der Waals surface area contributed by atoms with Gasteiger partial charge in [0.25, 0.3) is 0 Å². The molecule has 2 heterocycles. The van der Waals surface area contributed by atoms with Crippen molar-refractivity contribution in [2.24, 2.45) is 14.1 Å². The van der Waals surface area contributed by atoms with E-state index in [-0.39, 0.29) is 6.04 Å². The summed E-state index contributed by atoms with van der Waals surface area (Å²) in [6, 6.07) is 2.29. The molecule has 0 amide bonds. The number of rotatable bonds is 4. The third-order valence-electron chi connectivity index (χ3n) is 2.79. The molecule has 0 saturated carbocycles. The lowest BCUT2D eigenvalue weighted by atomic mass is 10.2. The van der Waals surface area contributed by atoms with Crippen molar-refractivity contribution in [3.63, 3.8) is 0 Å². The number of nitrogens with zero attached hydrogens (tertiary/aromatic N) is 4. The van der Waals surface area contributed by atoms with E-state index in [2.05, 4.69) is 22.3 Å². The van der Waals surface area contributed by atoms with Crippen molar-refractivity contribution < 1.29 is 0 Å². The third-order valence-corrected chi connectivity index (χ3v) is 2.79. The van der Waals surface area contributed by atoms with Gasteiger partial charge in [0.05, 0.1) is 12.2 Å². The molecule has 0 spiro atoms. The molecule has 5 heteroatoms. The third kappa shape index (κ3) is 2.14. The van der Waals surface area contributed by atoms with Crippen LogP contribution in [0.25, 0.3) is 0 Å². The van der Waals surface area contributed by atoms with E-state index >= 15 is 0 Å². The van der Waals surface area contributed by atoms with Crippen LogP contribution in [0.4, 0.5) is 0 Å². The number of hydrogen-bond donors (Lipinski definition) is 1. The lowest BCUT2D eigenvalue weighted by molar-refractivity contribution is 0.513. The van der Waals surface area contributed by atoms with Gasteiger partial charge in [0.2, 0.25) is 0 Å². The maximum absolute atomic E-state index is 4.27. The Morgan fingerprint density at radius 1 is 1.38 bits per heavy atom. The van der Waals surface area contributed by atoms with Gasteiger partial charge < -0.3 is 9.88 Å². The highest BCUT2D eigenvalue weighted by molar-refractivity contribution is 5.05. The molecule has 0 saturated heterocycles. The average molecular weight is 219 g/mol. The molecule has 0 aromatic carbocycles. The van der Waals surface area contributed by atoms with E-state index in [1.54, 1.807) is 0 Å². The van der Waals surface area contributed by atoms with Crippen LogP contribution >= 0.6 is 0 Å². The van der Waals surface area contributed by atoms with Crippen molar-refractivity contribution in [1.29, 1.82) is 0 Å². The summed E-state index contributed by atoms with van der Waals surface area (Å²) in [6.07, 6.45) is 5.58. The lowest BCUT2D eigenvalue weighted by Crippen LogP contribution is -2.22. The summed E-state index contributed by atoms with van der Waals surface area (Å²) in [7, 11) is 3.95. The highest BCUT2D eigenvalue weighted by Gasteiger charge is 2.09. The highest BCUT2D eigenvalue weighted by Crippen LogP contribution is 2.10. The minimum Gasteiger partial charge on any atom is -0.337 e. The zero-order valence-corrected chi connectivity index (χ0v) is 9.88. The van der Waals surface area contributed by atoms with Gasteiger partial charge in [-0.3, -0.25) is 4.68 Å². The molecule has 5 nitrogen and oxygen atoms in total. The van der Waals surface area contributed by atoms with Gasteiger partial charge in [-0.25, -0.2) is 4.98 Å². The monoisotopic (exact) mass is 219 g/mol. The second-order valence-corrected chi connectivity index (χ2v) is 3.94. The summed E-state index contributed by atoms with van der Waals surface area (Å²) in [5, 5.41) is 7.58. The van der Waals surface area contributed by atoms with Crippen molar-refractivity contribution in [2.75, 3.05) is 0 Å². The zero-order valence-electron chi connectivity index (χ0n) is 9.88. The summed E-state index contributed by atoms with van der Waals surface area (Å²) in [5.74, 6) is 1.04. The van der Waals surface area contributed by atoms with Crippen LogP contribution in [0.3, 0.4) is 0 Å². The van der Waals surface area contributed by atoms with E-state index in [4.69, 9.17) is 0 Å². The van der Waals surface area contributed by atoms with Crippen molar-refractivity contribution in [1.82, 2.24) is 24.6 Å². The van der Waals surface area contributed by atoms with Crippen molar-refractivity contribution in [2.45, 2.75) is 19.5 Å².